The number of nitrogens with one attached hydrogen (secondary N) is 1. The minimum atomic E-state index is -0.128. The highest BCUT2D eigenvalue weighted by atomic mass is 16.5. The number of ether oxygens (including phenoxy) is 1. The van der Waals surface area contributed by atoms with Crippen LogP contribution < -0.4 is 10.1 Å². The summed E-state index contributed by atoms with van der Waals surface area (Å²) in [5.41, 5.74) is 1.34. The molecule has 148 valence electrons. The second-order valence-electron chi connectivity index (χ2n) is 7.64. The molecule has 3 aromatic rings. The first kappa shape index (κ1) is 19.6. The average Bonchev–Trinajstić information content (AvgIpc) is 3.23. The van der Waals surface area contributed by atoms with E-state index in [9.17, 15) is 4.79 Å². The second kappa shape index (κ2) is 7.84. The summed E-state index contributed by atoms with van der Waals surface area (Å²) in [6, 6.07) is 9.88. The Balaban J connectivity index is 1.76. The van der Waals surface area contributed by atoms with Gasteiger partial charge in [0.2, 0.25) is 5.91 Å². The van der Waals surface area contributed by atoms with Gasteiger partial charge in [0.15, 0.2) is 17.5 Å². The van der Waals surface area contributed by atoms with Gasteiger partial charge in [0.05, 0.1) is 12.7 Å². The summed E-state index contributed by atoms with van der Waals surface area (Å²) in [6.07, 6.45) is 1.69. The van der Waals surface area contributed by atoms with Crippen LogP contribution in [0.1, 0.15) is 44.9 Å². The van der Waals surface area contributed by atoms with Crippen molar-refractivity contribution in [2.75, 3.05) is 0 Å². The second-order valence-corrected chi connectivity index (χ2v) is 7.64. The lowest BCUT2D eigenvalue weighted by Gasteiger charge is -2.19. The molecule has 0 bridgehead atoms. The van der Waals surface area contributed by atoms with Crippen LogP contribution in [0.2, 0.25) is 0 Å². The fourth-order valence-electron chi connectivity index (χ4n) is 2.73. The first-order valence-corrected chi connectivity index (χ1v) is 9.15. The molecule has 1 aromatic carbocycles. The van der Waals surface area contributed by atoms with Gasteiger partial charge in [0, 0.05) is 20.0 Å². The number of carbonyl (C=O) groups excluding carboxylic acids is 1. The summed E-state index contributed by atoms with van der Waals surface area (Å²) in [5, 5.41) is 11.5. The van der Waals surface area contributed by atoms with Crippen LogP contribution in [0.5, 0.6) is 5.75 Å². The quantitative estimate of drug-likeness (QED) is 0.708. The summed E-state index contributed by atoms with van der Waals surface area (Å²) in [7, 11) is 1.83. The largest absolute Gasteiger partial charge is 0.486 e. The zero-order valence-corrected chi connectivity index (χ0v) is 16.9. The van der Waals surface area contributed by atoms with Crippen LogP contribution in [-0.4, -0.2) is 30.5 Å². The monoisotopic (exact) mass is 382 g/mol. The van der Waals surface area contributed by atoms with Gasteiger partial charge in [-0.1, -0.05) is 32.9 Å². The Bertz CT molecular complexity index is 950. The highest BCUT2D eigenvalue weighted by Gasteiger charge is 2.16. The molecule has 3 rings (SSSR count). The van der Waals surface area contributed by atoms with E-state index in [1.807, 2.05) is 25.2 Å². The molecular formula is C20H26N6O2. The van der Waals surface area contributed by atoms with E-state index in [4.69, 9.17) is 4.74 Å². The van der Waals surface area contributed by atoms with E-state index in [0.29, 0.717) is 11.6 Å². The number of carbonyl (C=O) groups is 1. The molecule has 2 aromatic heterocycles. The van der Waals surface area contributed by atoms with E-state index in [2.05, 4.69) is 53.4 Å². The molecule has 1 N–H and O–H groups in total. The van der Waals surface area contributed by atoms with Gasteiger partial charge in [-0.15, -0.1) is 5.10 Å². The lowest BCUT2D eigenvalue weighted by Crippen LogP contribution is -2.22. The van der Waals surface area contributed by atoms with Crippen LogP contribution in [0.15, 0.2) is 36.5 Å². The molecule has 8 heteroatoms. The van der Waals surface area contributed by atoms with Crippen molar-refractivity contribution in [1.29, 1.82) is 0 Å². The third kappa shape index (κ3) is 4.57. The third-order valence-corrected chi connectivity index (χ3v) is 4.31. The molecule has 0 aliphatic heterocycles. The van der Waals surface area contributed by atoms with E-state index >= 15 is 0 Å². The van der Waals surface area contributed by atoms with Crippen molar-refractivity contribution in [3.63, 3.8) is 0 Å². The van der Waals surface area contributed by atoms with Crippen molar-refractivity contribution in [2.24, 2.45) is 7.05 Å². The van der Waals surface area contributed by atoms with E-state index in [-0.39, 0.29) is 24.5 Å². The molecule has 0 unspecified atom stereocenters. The van der Waals surface area contributed by atoms with Crippen LogP contribution in [0.25, 0.3) is 5.82 Å². The molecule has 0 spiro atoms. The Labute approximate surface area is 164 Å². The van der Waals surface area contributed by atoms with Crippen LogP contribution in [-0.2, 0) is 30.4 Å². The summed E-state index contributed by atoms with van der Waals surface area (Å²) >= 11 is 0. The molecule has 0 saturated carbocycles. The van der Waals surface area contributed by atoms with Gasteiger partial charge in [-0.3, -0.25) is 9.48 Å². The predicted octanol–water partition coefficient (Wildman–Crippen LogP) is 2.51. The van der Waals surface area contributed by atoms with Crippen LogP contribution in [0.4, 0.5) is 0 Å². The summed E-state index contributed by atoms with van der Waals surface area (Å²) in [6.45, 7) is 8.49. The number of aromatic nitrogens is 5. The SMILES string of the molecule is CC(=O)NCc1nc(COc2ccc(C(C)(C)C)cc2)nn1-c1ccnn1C. The van der Waals surface area contributed by atoms with Crippen molar-refractivity contribution < 1.29 is 9.53 Å². The minimum Gasteiger partial charge on any atom is -0.486 e. The maximum Gasteiger partial charge on any atom is 0.217 e. The molecule has 0 radical (unpaired) electrons. The number of amides is 1. The third-order valence-electron chi connectivity index (χ3n) is 4.31. The molecule has 1 amide bonds. The first-order valence-electron chi connectivity index (χ1n) is 9.15. The van der Waals surface area contributed by atoms with Crippen molar-refractivity contribution in [2.45, 2.75) is 46.3 Å². The lowest BCUT2D eigenvalue weighted by atomic mass is 9.87. The zero-order valence-electron chi connectivity index (χ0n) is 16.9. The Morgan fingerprint density at radius 3 is 2.46 bits per heavy atom. The Kier molecular flexibility index (Phi) is 5.48. The fraction of sp³-hybridized carbons (Fsp3) is 0.400. The zero-order chi connectivity index (χ0) is 20.3. The molecule has 0 atom stereocenters. The molecule has 0 saturated heterocycles. The predicted molar refractivity (Wildman–Crippen MR) is 105 cm³/mol. The molecule has 8 nitrogen and oxygen atoms in total. The number of nitrogens with zero attached hydrogens (tertiary/aromatic N) is 5. The van der Waals surface area contributed by atoms with Crippen molar-refractivity contribution in [3.8, 4) is 11.6 Å². The number of hydrogen-bond acceptors (Lipinski definition) is 5. The van der Waals surface area contributed by atoms with Gasteiger partial charge in [0.1, 0.15) is 12.4 Å². The van der Waals surface area contributed by atoms with Gasteiger partial charge in [-0.2, -0.15) is 9.78 Å². The fourth-order valence-corrected chi connectivity index (χ4v) is 2.73. The Morgan fingerprint density at radius 2 is 1.89 bits per heavy atom. The summed E-state index contributed by atoms with van der Waals surface area (Å²) in [5.74, 6) is 2.53. The average molecular weight is 382 g/mol. The first-order chi connectivity index (χ1) is 13.2. The summed E-state index contributed by atoms with van der Waals surface area (Å²) in [4.78, 5) is 15.8. The van der Waals surface area contributed by atoms with Crippen LogP contribution in [0.3, 0.4) is 0 Å². The van der Waals surface area contributed by atoms with E-state index < -0.39 is 0 Å². The summed E-state index contributed by atoms with van der Waals surface area (Å²) < 4.78 is 9.22. The van der Waals surface area contributed by atoms with Crippen molar-refractivity contribution in [1.82, 2.24) is 29.9 Å². The smallest absolute Gasteiger partial charge is 0.217 e. The highest BCUT2D eigenvalue weighted by molar-refractivity contribution is 5.72. The van der Waals surface area contributed by atoms with E-state index in [0.717, 1.165) is 11.6 Å². The molecule has 0 aliphatic rings. The van der Waals surface area contributed by atoms with Crippen molar-refractivity contribution >= 4 is 5.91 Å². The number of benzene rings is 1. The van der Waals surface area contributed by atoms with Crippen LogP contribution >= 0.6 is 0 Å². The molecule has 28 heavy (non-hydrogen) atoms. The maximum atomic E-state index is 11.3. The minimum absolute atomic E-state index is 0.0978. The topological polar surface area (TPSA) is 86.9 Å². The van der Waals surface area contributed by atoms with E-state index in [1.54, 1.807) is 15.6 Å². The molecule has 2 heterocycles. The van der Waals surface area contributed by atoms with Gasteiger partial charge < -0.3 is 10.1 Å². The van der Waals surface area contributed by atoms with Gasteiger partial charge in [-0.25, -0.2) is 4.98 Å². The molecule has 0 aliphatic carbocycles. The Morgan fingerprint density at radius 1 is 1.18 bits per heavy atom. The number of rotatable bonds is 6. The van der Waals surface area contributed by atoms with E-state index in [1.165, 1.54) is 12.5 Å². The maximum absolute atomic E-state index is 11.3. The number of hydrogen-bond donors (Lipinski definition) is 1. The van der Waals surface area contributed by atoms with Crippen molar-refractivity contribution in [3.05, 3.63) is 53.7 Å². The Hall–Kier alpha value is -3.16. The van der Waals surface area contributed by atoms with Gasteiger partial charge in [0.25, 0.3) is 0 Å². The van der Waals surface area contributed by atoms with Gasteiger partial charge in [-0.05, 0) is 23.1 Å². The standard InChI is InChI=1S/C20H26N6O2/c1-14(27)21-12-18-23-17(24-26(18)19-10-11-22-25(19)5)13-28-16-8-6-15(7-9-16)20(2,3)4/h6-11H,12-13H2,1-5H3,(H,21,27). The lowest BCUT2D eigenvalue weighted by molar-refractivity contribution is -0.119. The molecule has 0 fully saturated rings. The molecular weight excluding hydrogens is 356 g/mol. The number of aryl methyl sites for hydroxylation is 1. The van der Waals surface area contributed by atoms with Gasteiger partial charge >= 0.3 is 0 Å². The van der Waals surface area contributed by atoms with Crippen LogP contribution in [0, 0.1) is 0 Å². The normalized spacial score (nSPS) is 11.5. The highest BCUT2D eigenvalue weighted by Crippen LogP contribution is 2.24.